The number of ether oxygens (including phenoxy) is 2. The molecule has 1 aromatic heterocycles. The summed E-state index contributed by atoms with van der Waals surface area (Å²) in [6.07, 6.45) is 2.08. The second kappa shape index (κ2) is 6.43. The summed E-state index contributed by atoms with van der Waals surface area (Å²) in [4.78, 5) is 4.64. The van der Waals surface area contributed by atoms with Gasteiger partial charge >= 0.3 is 0 Å². The molecular formula is C18H24N4O2. The lowest BCUT2D eigenvalue weighted by atomic mass is 10.1. The first kappa shape index (κ1) is 15.4. The number of aryl methyl sites for hydroxylation is 1. The van der Waals surface area contributed by atoms with Crippen LogP contribution in [0.4, 0.5) is 0 Å². The lowest BCUT2D eigenvalue weighted by molar-refractivity contribution is 0.171. The van der Waals surface area contributed by atoms with E-state index < -0.39 is 0 Å². The van der Waals surface area contributed by atoms with Gasteiger partial charge in [0, 0.05) is 24.9 Å². The van der Waals surface area contributed by atoms with Crippen molar-refractivity contribution in [1.82, 2.24) is 20.1 Å². The van der Waals surface area contributed by atoms with Gasteiger partial charge in [0.1, 0.15) is 19.0 Å². The third-order valence-corrected chi connectivity index (χ3v) is 4.59. The molecule has 1 unspecified atom stereocenters. The van der Waals surface area contributed by atoms with Crippen LogP contribution in [0, 0.1) is 0 Å². The summed E-state index contributed by atoms with van der Waals surface area (Å²) < 4.78 is 13.3. The summed E-state index contributed by atoms with van der Waals surface area (Å²) in [7, 11) is 0. The van der Waals surface area contributed by atoms with Gasteiger partial charge in [0.05, 0.1) is 6.54 Å². The van der Waals surface area contributed by atoms with E-state index in [9.17, 15) is 0 Å². The van der Waals surface area contributed by atoms with Gasteiger partial charge in [-0.1, -0.05) is 19.9 Å². The van der Waals surface area contributed by atoms with Crippen molar-refractivity contribution in [2.45, 2.75) is 51.7 Å². The largest absolute Gasteiger partial charge is 0.486 e. The Labute approximate surface area is 142 Å². The summed E-state index contributed by atoms with van der Waals surface area (Å²) in [5.41, 5.74) is 1.21. The molecule has 2 aliphatic rings. The molecule has 0 saturated carbocycles. The fraction of sp³-hybridized carbons (Fsp3) is 0.556. The minimum atomic E-state index is 0.382. The van der Waals surface area contributed by atoms with Crippen molar-refractivity contribution < 1.29 is 9.47 Å². The molecule has 0 amide bonds. The van der Waals surface area contributed by atoms with Gasteiger partial charge in [0.25, 0.3) is 0 Å². The van der Waals surface area contributed by atoms with E-state index in [1.165, 1.54) is 5.56 Å². The molecule has 128 valence electrons. The summed E-state index contributed by atoms with van der Waals surface area (Å²) in [5, 5.41) is 8.28. The Bertz CT molecular complexity index is 726. The molecule has 0 aliphatic carbocycles. The van der Waals surface area contributed by atoms with Crippen molar-refractivity contribution in [2.75, 3.05) is 13.2 Å². The van der Waals surface area contributed by atoms with Crippen LogP contribution in [0.2, 0.25) is 0 Å². The first-order valence-corrected chi connectivity index (χ1v) is 8.74. The Morgan fingerprint density at radius 3 is 2.92 bits per heavy atom. The smallest absolute Gasteiger partial charge is 0.161 e. The minimum absolute atomic E-state index is 0.382. The van der Waals surface area contributed by atoms with Crippen LogP contribution in [0.5, 0.6) is 11.5 Å². The lowest BCUT2D eigenvalue weighted by Crippen LogP contribution is -2.37. The molecule has 4 rings (SSSR count). The molecule has 1 N–H and O–H groups in total. The monoisotopic (exact) mass is 328 g/mol. The third kappa shape index (κ3) is 3.11. The highest BCUT2D eigenvalue weighted by atomic mass is 16.6. The summed E-state index contributed by atoms with van der Waals surface area (Å²) >= 11 is 0. The van der Waals surface area contributed by atoms with Crippen LogP contribution < -0.4 is 14.8 Å². The molecular weight excluding hydrogens is 304 g/mol. The van der Waals surface area contributed by atoms with E-state index in [1.54, 1.807) is 0 Å². The van der Waals surface area contributed by atoms with E-state index in [4.69, 9.17) is 9.47 Å². The standard InChI is InChI=1S/C18H24N4O2/c1-12(2)18-20-17-6-4-14(11-22(17)21-18)19-10-13-3-5-15-16(9-13)24-8-7-23-15/h3,5,9,12,14,19H,4,6-8,10-11H2,1-2H3. The first-order chi connectivity index (χ1) is 11.7. The zero-order chi connectivity index (χ0) is 16.5. The lowest BCUT2D eigenvalue weighted by Gasteiger charge is -2.24. The number of rotatable bonds is 4. The number of nitrogens with one attached hydrogen (secondary N) is 1. The Balaban J connectivity index is 1.38. The number of hydrogen-bond acceptors (Lipinski definition) is 5. The van der Waals surface area contributed by atoms with Gasteiger partial charge < -0.3 is 14.8 Å². The van der Waals surface area contributed by atoms with Gasteiger partial charge in [-0.25, -0.2) is 9.67 Å². The zero-order valence-corrected chi connectivity index (χ0v) is 14.3. The number of aromatic nitrogens is 3. The Kier molecular flexibility index (Phi) is 4.14. The molecule has 2 aliphatic heterocycles. The van der Waals surface area contributed by atoms with Crippen LogP contribution in [0.3, 0.4) is 0 Å². The van der Waals surface area contributed by atoms with E-state index >= 15 is 0 Å². The van der Waals surface area contributed by atoms with Gasteiger partial charge in [-0.2, -0.15) is 5.10 Å². The van der Waals surface area contributed by atoms with Crippen molar-refractivity contribution in [2.24, 2.45) is 0 Å². The highest BCUT2D eigenvalue weighted by Gasteiger charge is 2.22. The number of nitrogens with zero attached hydrogens (tertiary/aromatic N) is 3. The predicted molar refractivity (Wildman–Crippen MR) is 90.5 cm³/mol. The molecule has 1 atom stereocenters. The quantitative estimate of drug-likeness (QED) is 0.933. The molecule has 0 bridgehead atoms. The van der Waals surface area contributed by atoms with E-state index in [1.807, 2.05) is 6.07 Å². The second-order valence-electron chi connectivity index (χ2n) is 6.82. The molecule has 1 aromatic carbocycles. The molecule has 6 heteroatoms. The van der Waals surface area contributed by atoms with E-state index in [2.05, 4.69) is 46.1 Å². The van der Waals surface area contributed by atoms with Crippen LogP contribution in [0.15, 0.2) is 18.2 Å². The SMILES string of the molecule is CC(C)c1nc2n(n1)CC(NCc1ccc3c(c1)OCCO3)CC2. The Morgan fingerprint density at radius 2 is 2.08 bits per heavy atom. The average molecular weight is 328 g/mol. The topological polar surface area (TPSA) is 61.2 Å². The van der Waals surface area contributed by atoms with Gasteiger partial charge in [-0.15, -0.1) is 0 Å². The molecule has 2 aromatic rings. The van der Waals surface area contributed by atoms with Crippen LogP contribution in [0.1, 0.15) is 43.4 Å². The van der Waals surface area contributed by atoms with E-state index in [0.29, 0.717) is 25.2 Å². The van der Waals surface area contributed by atoms with Crippen molar-refractivity contribution in [3.05, 3.63) is 35.4 Å². The molecule has 0 radical (unpaired) electrons. The van der Waals surface area contributed by atoms with Crippen LogP contribution >= 0.6 is 0 Å². The summed E-state index contributed by atoms with van der Waals surface area (Å²) in [6, 6.07) is 6.59. The number of benzene rings is 1. The normalized spacial score (nSPS) is 19.4. The van der Waals surface area contributed by atoms with Crippen molar-refractivity contribution >= 4 is 0 Å². The molecule has 3 heterocycles. The van der Waals surface area contributed by atoms with E-state index in [0.717, 1.165) is 49.1 Å². The van der Waals surface area contributed by atoms with Crippen LogP contribution in [-0.4, -0.2) is 34.0 Å². The summed E-state index contributed by atoms with van der Waals surface area (Å²) in [5.74, 6) is 4.15. The average Bonchev–Trinajstić information content (AvgIpc) is 3.03. The Hall–Kier alpha value is -2.08. The highest BCUT2D eigenvalue weighted by molar-refractivity contribution is 5.43. The summed E-state index contributed by atoms with van der Waals surface area (Å²) in [6.45, 7) is 7.24. The fourth-order valence-electron chi connectivity index (χ4n) is 3.20. The number of fused-ring (bicyclic) bond motifs is 2. The predicted octanol–water partition coefficient (Wildman–Crippen LogP) is 2.28. The molecule has 0 fully saturated rings. The van der Waals surface area contributed by atoms with Gasteiger partial charge in [-0.3, -0.25) is 0 Å². The maximum absolute atomic E-state index is 5.65. The maximum Gasteiger partial charge on any atom is 0.161 e. The minimum Gasteiger partial charge on any atom is -0.486 e. The highest BCUT2D eigenvalue weighted by Crippen LogP contribution is 2.30. The van der Waals surface area contributed by atoms with Gasteiger partial charge in [0.15, 0.2) is 17.3 Å². The fourth-order valence-corrected chi connectivity index (χ4v) is 3.20. The van der Waals surface area contributed by atoms with Crippen LogP contribution in [0.25, 0.3) is 0 Å². The zero-order valence-electron chi connectivity index (χ0n) is 14.3. The van der Waals surface area contributed by atoms with Gasteiger partial charge in [-0.05, 0) is 24.1 Å². The Morgan fingerprint density at radius 1 is 1.25 bits per heavy atom. The number of hydrogen-bond donors (Lipinski definition) is 1. The van der Waals surface area contributed by atoms with Crippen molar-refractivity contribution in [3.8, 4) is 11.5 Å². The van der Waals surface area contributed by atoms with E-state index in [-0.39, 0.29) is 0 Å². The molecule has 6 nitrogen and oxygen atoms in total. The molecule has 0 spiro atoms. The first-order valence-electron chi connectivity index (χ1n) is 8.74. The molecule has 0 saturated heterocycles. The van der Waals surface area contributed by atoms with Crippen molar-refractivity contribution in [3.63, 3.8) is 0 Å². The third-order valence-electron chi connectivity index (χ3n) is 4.59. The van der Waals surface area contributed by atoms with Crippen molar-refractivity contribution in [1.29, 1.82) is 0 Å². The van der Waals surface area contributed by atoms with Crippen LogP contribution in [-0.2, 0) is 19.5 Å². The molecule has 24 heavy (non-hydrogen) atoms. The van der Waals surface area contributed by atoms with Gasteiger partial charge in [0.2, 0.25) is 0 Å². The maximum atomic E-state index is 5.65. The second-order valence-corrected chi connectivity index (χ2v) is 6.82.